The van der Waals surface area contributed by atoms with Gasteiger partial charge in [0.05, 0.1) is 12.9 Å². The second-order valence-corrected chi connectivity index (χ2v) is 5.05. The molecule has 116 valence electrons. The van der Waals surface area contributed by atoms with Crippen molar-refractivity contribution in [3.63, 3.8) is 0 Å². The summed E-state index contributed by atoms with van der Waals surface area (Å²) in [4.78, 5) is 11.2. The molecule has 0 fully saturated rings. The minimum atomic E-state index is -1.09. The van der Waals surface area contributed by atoms with Crippen LogP contribution in [0.15, 0.2) is 71.3 Å². The molecule has 4 heteroatoms. The Kier molecular flexibility index (Phi) is 4.43. The fourth-order valence-electron chi connectivity index (χ4n) is 2.43. The van der Waals surface area contributed by atoms with Crippen LogP contribution in [0.1, 0.15) is 16.1 Å². The number of carbonyl (C=O) groups is 1. The molecule has 3 rings (SSSR count). The van der Waals surface area contributed by atoms with Gasteiger partial charge < -0.3 is 14.3 Å². The molecule has 0 saturated carbocycles. The topological polar surface area (TPSA) is 59.7 Å². The van der Waals surface area contributed by atoms with E-state index in [2.05, 4.69) is 0 Å². The highest BCUT2D eigenvalue weighted by atomic mass is 16.5. The van der Waals surface area contributed by atoms with Crippen molar-refractivity contribution in [3.8, 4) is 16.9 Å². The highest BCUT2D eigenvalue weighted by molar-refractivity contribution is 5.94. The lowest BCUT2D eigenvalue weighted by Crippen LogP contribution is -2.03. The van der Waals surface area contributed by atoms with E-state index in [1.807, 2.05) is 54.6 Å². The first-order chi connectivity index (χ1) is 11.3. The van der Waals surface area contributed by atoms with E-state index in [0.717, 1.165) is 6.42 Å². The van der Waals surface area contributed by atoms with E-state index in [0.29, 0.717) is 23.5 Å². The number of aromatic carboxylic acids is 1. The van der Waals surface area contributed by atoms with Crippen molar-refractivity contribution in [1.29, 1.82) is 0 Å². The molecule has 1 N–H and O–H groups in total. The summed E-state index contributed by atoms with van der Waals surface area (Å²) in [5.41, 5.74) is 2.43. The van der Waals surface area contributed by atoms with Crippen LogP contribution in [0.3, 0.4) is 0 Å². The van der Waals surface area contributed by atoms with Crippen molar-refractivity contribution >= 4 is 5.97 Å². The van der Waals surface area contributed by atoms with Crippen molar-refractivity contribution in [1.82, 2.24) is 0 Å². The molecule has 23 heavy (non-hydrogen) atoms. The lowest BCUT2D eigenvalue weighted by atomic mass is 10.1. The summed E-state index contributed by atoms with van der Waals surface area (Å²) in [6.45, 7) is 0.515. The van der Waals surface area contributed by atoms with Crippen LogP contribution in [0.4, 0.5) is 0 Å². The summed E-state index contributed by atoms with van der Waals surface area (Å²) < 4.78 is 10.9. The third-order valence-corrected chi connectivity index (χ3v) is 3.53. The highest BCUT2D eigenvalue weighted by Gasteiger charge is 2.18. The van der Waals surface area contributed by atoms with E-state index < -0.39 is 5.97 Å². The summed E-state index contributed by atoms with van der Waals surface area (Å²) in [5, 5.41) is 9.20. The number of hydrogen-bond acceptors (Lipinski definition) is 3. The Balaban J connectivity index is 1.78. The second-order valence-electron chi connectivity index (χ2n) is 5.05. The zero-order valence-electron chi connectivity index (χ0n) is 12.4. The third kappa shape index (κ3) is 3.43. The largest absolute Gasteiger partial charge is 0.493 e. The van der Waals surface area contributed by atoms with Gasteiger partial charge in [-0.3, -0.25) is 0 Å². The van der Waals surface area contributed by atoms with Crippen LogP contribution in [0.25, 0.3) is 11.1 Å². The number of para-hydroxylation sites is 1. The van der Waals surface area contributed by atoms with E-state index in [4.69, 9.17) is 9.15 Å². The number of carboxylic acid groups (broad SMARTS) is 1. The predicted molar refractivity (Wildman–Crippen MR) is 86.7 cm³/mol. The first-order valence-electron chi connectivity index (χ1n) is 7.32. The lowest BCUT2D eigenvalue weighted by Gasteiger charge is -2.11. The Hall–Kier alpha value is -3.01. The zero-order chi connectivity index (χ0) is 16.1. The van der Waals surface area contributed by atoms with E-state index in [-0.39, 0.29) is 5.76 Å². The van der Waals surface area contributed by atoms with Gasteiger partial charge in [-0.15, -0.1) is 0 Å². The number of furan rings is 1. The molecular weight excluding hydrogens is 292 g/mol. The summed E-state index contributed by atoms with van der Waals surface area (Å²) in [5.74, 6) is -0.527. The Morgan fingerprint density at radius 3 is 2.48 bits per heavy atom. The van der Waals surface area contributed by atoms with Crippen LogP contribution >= 0.6 is 0 Å². The number of carboxylic acids is 1. The Labute approximate surface area is 134 Å². The van der Waals surface area contributed by atoms with Crippen molar-refractivity contribution < 1.29 is 19.1 Å². The molecule has 2 aromatic carbocycles. The fourth-order valence-corrected chi connectivity index (χ4v) is 2.43. The van der Waals surface area contributed by atoms with E-state index >= 15 is 0 Å². The van der Waals surface area contributed by atoms with Gasteiger partial charge in [0.1, 0.15) is 5.75 Å². The molecule has 0 unspecified atom stereocenters. The first-order valence-corrected chi connectivity index (χ1v) is 7.32. The quantitative estimate of drug-likeness (QED) is 0.739. The Morgan fingerprint density at radius 2 is 1.70 bits per heavy atom. The maximum absolute atomic E-state index is 11.2. The van der Waals surface area contributed by atoms with Crippen molar-refractivity contribution in [2.24, 2.45) is 0 Å². The van der Waals surface area contributed by atoms with Gasteiger partial charge in [-0.2, -0.15) is 0 Å². The number of ether oxygens (including phenoxy) is 1. The summed E-state index contributed by atoms with van der Waals surface area (Å²) in [6, 6.07) is 19.1. The van der Waals surface area contributed by atoms with Gasteiger partial charge in [0, 0.05) is 17.5 Å². The van der Waals surface area contributed by atoms with Crippen LogP contribution in [0, 0.1) is 0 Å². The van der Waals surface area contributed by atoms with Gasteiger partial charge in [-0.1, -0.05) is 48.5 Å². The van der Waals surface area contributed by atoms with Gasteiger partial charge in [0.2, 0.25) is 5.76 Å². The molecular formula is C19H16O4. The molecule has 1 aromatic heterocycles. The molecule has 0 aliphatic rings. The van der Waals surface area contributed by atoms with Crippen LogP contribution in [0.5, 0.6) is 5.75 Å². The van der Waals surface area contributed by atoms with Gasteiger partial charge >= 0.3 is 5.97 Å². The maximum Gasteiger partial charge on any atom is 0.372 e. The average molecular weight is 308 g/mol. The van der Waals surface area contributed by atoms with Crippen LogP contribution < -0.4 is 4.74 Å². The lowest BCUT2D eigenvalue weighted by molar-refractivity contribution is 0.0663. The smallest absolute Gasteiger partial charge is 0.372 e. The molecule has 0 amide bonds. The van der Waals surface area contributed by atoms with Crippen molar-refractivity contribution in [2.45, 2.75) is 6.42 Å². The molecule has 4 nitrogen and oxygen atoms in total. The van der Waals surface area contributed by atoms with E-state index in [9.17, 15) is 9.90 Å². The zero-order valence-corrected chi connectivity index (χ0v) is 12.4. The minimum Gasteiger partial charge on any atom is -0.493 e. The van der Waals surface area contributed by atoms with Crippen LogP contribution in [-0.2, 0) is 6.42 Å². The van der Waals surface area contributed by atoms with E-state index in [1.54, 1.807) is 6.07 Å². The van der Waals surface area contributed by atoms with Gasteiger partial charge in [0.15, 0.2) is 0 Å². The fraction of sp³-hybridized carbons (Fsp3) is 0.105. The van der Waals surface area contributed by atoms with Crippen molar-refractivity contribution in [3.05, 3.63) is 78.3 Å². The molecule has 0 aliphatic carbocycles. The SMILES string of the molecule is O=C(O)c1occc1-c1ccccc1OCCc1ccccc1. The molecule has 0 radical (unpaired) electrons. The normalized spacial score (nSPS) is 10.4. The molecule has 3 aromatic rings. The van der Waals surface area contributed by atoms with Crippen LogP contribution in [0.2, 0.25) is 0 Å². The molecule has 0 saturated heterocycles. The van der Waals surface area contributed by atoms with Gasteiger partial charge in [-0.05, 0) is 17.7 Å². The Bertz CT molecular complexity index is 790. The molecule has 0 atom stereocenters. The van der Waals surface area contributed by atoms with Crippen molar-refractivity contribution in [2.75, 3.05) is 6.61 Å². The number of rotatable bonds is 6. The number of benzene rings is 2. The monoisotopic (exact) mass is 308 g/mol. The summed E-state index contributed by atoms with van der Waals surface area (Å²) in [7, 11) is 0. The predicted octanol–water partition coefficient (Wildman–Crippen LogP) is 4.27. The highest BCUT2D eigenvalue weighted by Crippen LogP contribution is 2.33. The van der Waals surface area contributed by atoms with E-state index in [1.165, 1.54) is 11.8 Å². The third-order valence-electron chi connectivity index (χ3n) is 3.53. The first kappa shape index (κ1) is 14.9. The summed E-state index contributed by atoms with van der Waals surface area (Å²) in [6.07, 6.45) is 2.16. The maximum atomic E-state index is 11.2. The summed E-state index contributed by atoms with van der Waals surface area (Å²) >= 11 is 0. The number of hydrogen-bond donors (Lipinski definition) is 1. The average Bonchev–Trinajstić information content (AvgIpc) is 3.06. The second kappa shape index (κ2) is 6.83. The standard InChI is InChI=1S/C19H16O4/c20-19(21)18-16(11-13-23-18)15-8-4-5-9-17(15)22-12-10-14-6-2-1-3-7-14/h1-9,11,13H,10,12H2,(H,20,21). The molecule has 1 heterocycles. The minimum absolute atomic E-state index is 0.0795. The molecule has 0 bridgehead atoms. The molecule has 0 aliphatic heterocycles. The molecule has 0 spiro atoms. The van der Waals surface area contributed by atoms with Gasteiger partial charge in [-0.25, -0.2) is 4.79 Å². The van der Waals surface area contributed by atoms with Gasteiger partial charge in [0.25, 0.3) is 0 Å². The Morgan fingerprint density at radius 1 is 0.957 bits per heavy atom. The van der Waals surface area contributed by atoms with Crippen LogP contribution in [-0.4, -0.2) is 17.7 Å².